The number of carbonyl (C=O) groups excluding carboxylic acids is 2. The van der Waals surface area contributed by atoms with Crippen molar-refractivity contribution in [2.24, 2.45) is 11.8 Å². The molecular formula is C36H42N4O5. The van der Waals surface area contributed by atoms with Gasteiger partial charge in [0.2, 0.25) is 0 Å². The molecule has 3 heterocycles. The van der Waals surface area contributed by atoms with Crippen molar-refractivity contribution in [1.29, 1.82) is 0 Å². The van der Waals surface area contributed by atoms with Crippen LogP contribution in [0.3, 0.4) is 0 Å². The summed E-state index contributed by atoms with van der Waals surface area (Å²) < 4.78 is 15.4. The number of ketones is 1. The molecule has 4 aromatic rings. The zero-order chi connectivity index (χ0) is 31.2. The van der Waals surface area contributed by atoms with E-state index in [1.165, 1.54) is 24.8 Å². The lowest BCUT2D eigenvalue weighted by atomic mass is 9.85. The minimum atomic E-state index is 0.0783. The van der Waals surface area contributed by atoms with Crippen LogP contribution in [0.2, 0.25) is 0 Å². The number of rotatable bonds is 7. The molecule has 9 heteroatoms. The van der Waals surface area contributed by atoms with Gasteiger partial charge in [-0.1, -0.05) is 30.3 Å². The van der Waals surface area contributed by atoms with Gasteiger partial charge in [0, 0.05) is 36.7 Å². The average Bonchev–Trinajstić information content (AvgIpc) is 3.69. The first kappa shape index (κ1) is 30.8. The van der Waals surface area contributed by atoms with Gasteiger partial charge >= 0.3 is 0 Å². The first-order valence-electron chi connectivity index (χ1n) is 16.1. The highest BCUT2D eigenvalue weighted by molar-refractivity contribution is 6.03. The molecule has 0 bridgehead atoms. The molecule has 0 N–H and O–H groups in total. The molecule has 236 valence electrons. The summed E-state index contributed by atoms with van der Waals surface area (Å²) in [6.45, 7) is 4.98. The van der Waals surface area contributed by atoms with E-state index in [4.69, 9.17) is 9.47 Å². The highest BCUT2D eigenvalue weighted by Gasteiger charge is 2.34. The lowest BCUT2D eigenvalue weighted by Gasteiger charge is -2.32. The van der Waals surface area contributed by atoms with Crippen LogP contribution in [0.4, 0.5) is 0 Å². The highest BCUT2D eigenvalue weighted by Crippen LogP contribution is 2.39. The Hall–Kier alpha value is -4.24. The van der Waals surface area contributed by atoms with Gasteiger partial charge in [0.15, 0.2) is 17.3 Å². The number of hydrogen-bond acceptors (Lipinski definition) is 8. The van der Waals surface area contributed by atoms with Gasteiger partial charge < -0.3 is 14.4 Å². The van der Waals surface area contributed by atoms with E-state index in [1.807, 2.05) is 17.0 Å². The zero-order valence-electron chi connectivity index (χ0n) is 26.2. The van der Waals surface area contributed by atoms with Crippen LogP contribution in [0.15, 0.2) is 65.3 Å². The molecule has 7 rings (SSSR count). The fourth-order valence-corrected chi connectivity index (χ4v) is 6.91. The fraction of sp³-hybridized carbons (Fsp3) is 0.444. The molecular weight excluding hydrogens is 568 g/mol. The number of fused-ring (bicyclic) bond motifs is 2. The second-order valence-corrected chi connectivity index (χ2v) is 12.4. The van der Waals surface area contributed by atoms with Crippen LogP contribution in [0.5, 0.6) is 11.5 Å². The Morgan fingerprint density at radius 1 is 0.867 bits per heavy atom. The van der Waals surface area contributed by atoms with Crippen molar-refractivity contribution in [2.75, 3.05) is 40.4 Å². The van der Waals surface area contributed by atoms with Gasteiger partial charge in [-0.25, -0.2) is 4.63 Å². The lowest BCUT2D eigenvalue weighted by molar-refractivity contribution is 0.0724. The third-order valence-electron chi connectivity index (χ3n) is 9.43. The normalized spacial score (nSPS) is 18.8. The van der Waals surface area contributed by atoms with E-state index in [-0.39, 0.29) is 17.6 Å². The van der Waals surface area contributed by atoms with E-state index in [1.54, 1.807) is 32.4 Å². The van der Waals surface area contributed by atoms with Crippen LogP contribution >= 0.6 is 0 Å². The Morgan fingerprint density at radius 2 is 1.58 bits per heavy atom. The molecule has 3 aromatic carbocycles. The second-order valence-electron chi connectivity index (χ2n) is 12.4. The van der Waals surface area contributed by atoms with E-state index in [0.717, 1.165) is 69.5 Å². The molecule has 1 aromatic heterocycles. The zero-order valence-corrected chi connectivity index (χ0v) is 26.2. The number of likely N-dealkylation sites (tertiary alicyclic amines) is 2. The number of amides is 1. The Bertz CT molecular complexity index is 1610. The monoisotopic (exact) mass is 610 g/mol. The Kier molecular flexibility index (Phi) is 9.74. The standard InChI is InChI=1S/C24H29NO3.C12H13N3O2/c1-27-22-14-19-13-20(24(26)21(19)15-23(22)28-2)12-17-8-10-25(11-9-17)16-18-6-4-3-5-7-18;16-12(15-6-2-1-3-7-15)9-4-5-10-11(8-9)14-17-13-10/h3-7,14-15,17,20H,8-13,16H2,1-2H3;4-5,8H,1-3,6-7H2. The smallest absolute Gasteiger partial charge is 0.253 e. The summed E-state index contributed by atoms with van der Waals surface area (Å²) in [6.07, 6.45) is 7.60. The maximum absolute atomic E-state index is 12.9. The molecule has 9 nitrogen and oxygen atoms in total. The summed E-state index contributed by atoms with van der Waals surface area (Å²) in [6, 6.07) is 19.8. The summed E-state index contributed by atoms with van der Waals surface area (Å²) in [5.74, 6) is 2.46. The van der Waals surface area contributed by atoms with Crippen molar-refractivity contribution in [1.82, 2.24) is 20.1 Å². The summed E-state index contributed by atoms with van der Waals surface area (Å²) in [5.41, 5.74) is 5.28. The predicted octanol–water partition coefficient (Wildman–Crippen LogP) is 6.21. The van der Waals surface area contributed by atoms with Crippen molar-refractivity contribution in [3.8, 4) is 11.5 Å². The van der Waals surface area contributed by atoms with E-state index >= 15 is 0 Å². The van der Waals surface area contributed by atoms with Crippen LogP contribution in [-0.2, 0) is 13.0 Å². The van der Waals surface area contributed by atoms with Crippen molar-refractivity contribution >= 4 is 22.7 Å². The van der Waals surface area contributed by atoms with Crippen LogP contribution in [0.25, 0.3) is 11.0 Å². The van der Waals surface area contributed by atoms with Crippen molar-refractivity contribution in [3.05, 3.63) is 82.9 Å². The van der Waals surface area contributed by atoms with Gasteiger partial charge in [-0.05, 0) is 116 Å². The van der Waals surface area contributed by atoms with E-state index in [0.29, 0.717) is 34.0 Å². The molecule has 2 saturated heterocycles. The molecule has 0 saturated carbocycles. The maximum atomic E-state index is 12.9. The van der Waals surface area contributed by atoms with Crippen LogP contribution in [-0.4, -0.2) is 72.2 Å². The number of methoxy groups -OCH3 is 2. The van der Waals surface area contributed by atoms with E-state index < -0.39 is 0 Å². The Balaban J connectivity index is 0.000000179. The summed E-state index contributed by atoms with van der Waals surface area (Å²) in [7, 11) is 3.26. The van der Waals surface area contributed by atoms with Gasteiger partial charge in [0.1, 0.15) is 11.0 Å². The van der Waals surface area contributed by atoms with E-state index in [2.05, 4.69) is 50.2 Å². The van der Waals surface area contributed by atoms with Crippen LogP contribution < -0.4 is 9.47 Å². The van der Waals surface area contributed by atoms with Crippen molar-refractivity contribution < 1.29 is 23.7 Å². The summed E-state index contributed by atoms with van der Waals surface area (Å²) in [5, 5.41) is 7.47. The number of Topliss-reactive ketones (excluding diaryl/α,β-unsaturated/α-hetero) is 1. The van der Waals surface area contributed by atoms with Gasteiger partial charge in [-0.2, -0.15) is 0 Å². The first-order chi connectivity index (χ1) is 22.0. The molecule has 1 amide bonds. The number of benzene rings is 3. The third-order valence-corrected chi connectivity index (χ3v) is 9.43. The van der Waals surface area contributed by atoms with Crippen LogP contribution in [0.1, 0.15) is 70.4 Å². The van der Waals surface area contributed by atoms with Crippen molar-refractivity contribution in [2.45, 2.75) is 51.5 Å². The number of piperidine rings is 2. The van der Waals surface area contributed by atoms with E-state index in [9.17, 15) is 9.59 Å². The Labute approximate surface area is 264 Å². The number of ether oxygens (including phenoxy) is 2. The molecule has 1 atom stereocenters. The number of aromatic nitrogens is 2. The second kappa shape index (κ2) is 14.2. The highest BCUT2D eigenvalue weighted by atomic mass is 16.6. The predicted molar refractivity (Wildman–Crippen MR) is 172 cm³/mol. The summed E-state index contributed by atoms with van der Waals surface area (Å²) in [4.78, 5) is 29.6. The Morgan fingerprint density at radius 3 is 2.31 bits per heavy atom. The molecule has 2 fully saturated rings. The number of hydrogen-bond donors (Lipinski definition) is 0. The molecule has 0 radical (unpaired) electrons. The molecule has 2 aliphatic heterocycles. The maximum Gasteiger partial charge on any atom is 0.253 e. The average molecular weight is 611 g/mol. The van der Waals surface area contributed by atoms with Gasteiger partial charge in [0.05, 0.1) is 14.2 Å². The van der Waals surface area contributed by atoms with Crippen LogP contribution in [0, 0.1) is 11.8 Å². The molecule has 1 unspecified atom stereocenters. The van der Waals surface area contributed by atoms with Crippen molar-refractivity contribution in [3.63, 3.8) is 0 Å². The SMILES string of the molecule is COc1cc2c(cc1OC)C(=O)C(CC1CCN(Cc3ccccc3)CC1)C2.O=C(c1ccc2nonc2c1)N1CCCCC1. The molecule has 3 aliphatic rings. The van der Waals surface area contributed by atoms with Gasteiger partial charge in [-0.3, -0.25) is 14.5 Å². The van der Waals surface area contributed by atoms with Gasteiger partial charge in [0.25, 0.3) is 5.91 Å². The molecule has 45 heavy (non-hydrogen) atoms. The fourth-order valence-electron chi connectivity index (χ4n) is 6.91. The largest absolute Gasteiger partial charge is 0.493 e. The summed E-state index contributed by atoms with van der Waals surface area (Å²) >= 11 is 0. The topological polar surface area (TPSA) is 98.0 Å². The van der Waals surface area contributed by atoms with Gasteiger partial charge in [-0.15, -0.1) is 0 Å². The lowest BCUT2D eigenvalue weighted by Crippen LogP contribution is -2.35. The third kappa shape index (κ3) is 7.20. The number of nitrogens with zero attached hydrogens (tertiary/aromatic N) is 4. The number of carbonyl (C=O) groups is 2. The molecule has 0 spiro atoms. The first-order valence-corrected chi connectivity index (χ1v) is 16.1. The minimum absolute atomic E-state index is 0.0783. The minimum Gasteiger partial charge on any atom is -0.493 e. The quantitative estimate of drug-likeness (QED) is 0.244. The molecule has 1 aliphatic carbocycles.